The van der Waals surface area contributed by atoms with E-state index in [0.29, 0.717) is 27.7 Å². The zero-order valence-corrected chi connectivity index (χ0v) is 17.3. The number of carbonyl (C=O) groups excluding carboxylic acids is 1. The number of nitrogens with one attached hydrogen (secondary N) is 3. The Morgan fingerprint density at radius 2 is 2.07 bits per heavy atom. The summed E-state index contributed by atoms with van der Waals surface area (Å²) in [6, 6.07) is 6.51. The zero-order valence-electron chi connectivity index (χ0n) is 15.7. The molecule has 0 radical (unpaired) electrons. The van der Waals surface area contributed by atoms with Gasteiger partial charge in [-0.15, -0.1) is 12.4 Å². The third-order valence-corrected chi connectivity index (χ3v) is 5.22. The van der Waals surface area contributed by atoms with Gasteiger partial charge in [0.15, 0.2) is 5.65 Å². The van der Waals surface area contributed by atoms with E-state index >= 15 is 0 Å². The highest BCUT2D eigenvalue weighted by molar-refractivity contribution is 6.32. The lowest BCUT2D eigenvalue weighted by atomic mass is 9.94. The molecule has 3 N–H and O–H groups in total. The number of fused-ring (bicyclic) bond motifs is 1. The number of H-pyrrole nitrogens is 1. The minimum atomic E-state index is -0.380. The largest absolute Gasteiger partial charge is 0.495 e. The fourth-order valence-electron chi connectivity index (χ4n) is 3.44. The average molecular weight is 438 g/mol. The van der Waals surface area contributed by atoms with Crippen LogP contribution in [0.5, 0.6) is 5.75 Å². The standard InChI is InChI=1S/C19H20ClN5O3.ClH/c1-28-16-3-2-12(8-14(16)20)23-19(27)13-10-22-25-17(26)9-15(24-18(13)25)11-4-6-21-7-5-11;/h2-3,8-11,21-22H,4-7H2,1H3,(H,23,27);1H. The van der Waals surface area contributed by atoms with Gasteiger partial charge >= 0.3 is 0 Å². The number of aromatic amines is 1. The van der Waals surface area contributed by atoms with Gasteiger partial charge in [-0.3, -0.25) is 14.7 Å². The smallest absolute Gasteiger partial charge is 0.272 e. The van der Waals surface area contributed by atoms with Crippen LogP contribution >= 0.6 is 24.0 Å². The van der Waals surface area contributed by atoms with E-state index in [4.69, 9.17) is 16.3 Å². The number of rotatable bonds is 4. The predicted octanol–water partition coefficient (Wildman–Crippen LogP) is 2.83. The Morgan fingerprint density at radius 1 is 1.31 bits per heavy atom. The van der Waals surface area contributed by atoms with Crippen molar-refractivity contribution in [1.82, 2.24) is 19.9 Å². The van der Waals surface area contributed by atoms with Gasteiger partial charge in [0, 0.05) is 23.9 Å². The van der Waals surface area contributed by atoms with Crippen LogP contribution < -0.4 is 20.9 Å². The molecule has 0 bridgehead atoms. The van der Waals surface area contributed by atoms with Gasteiger partial charge in [-0.25, -0.2) is 9.50 Å². The Balaban J connectivity index is 0.00000240. The summed E-state index contributed by atoms with van der Waals surface area (Å²) in [5, 5.41) is 9.28. The molecule has 3 aromatic rings. The minimum Gasteiger partial charge on any atom is -0.495 e. The highest BCUT2D eigenvalue weighted by atomic mass is 35.5. The van der Waals surface area contributed by atoms with Crippen LogP contribution in [0.4, 0.5) is 5.69 Å². The SMILES string of the molecule is COc1ccc(NC(=O)c2c[nH]n3c(=O)cc(C4CCNCC4)nc23)cc1Cl.Cl. The average Bonchev–Trinajstić information content (AvgIpc) is 3.13. The number of hydrogen-bond donors (Lipinski definition) is 3. The van der Waals surface area contributed by atoms with E-state index in [1.54, 1.807) is 24.3 Å². The predicted molar refractivity (Wildman–Crippen MR) is 114 cm³/mol. The second kappa shape index (κ2) is 8.86. The normalized spacial score (nSPS) is 14.4. The van der Waals surface area contributed by atoms with Crippen molar-refractivity contribution in [2.45, 2.75) is 18.8 Å². The van der Waals surface area contributed by atoms with Crippen molar-refractivity contribution in [3.05, 3.63) is 57.1 Å². The zero-order chi connectivity index (χ0) is 19.7. The molecule has 1 amide bonds. The van der Waals surface area contributed by atoms with Gasteiger partial charge in [-0.1, -0.05) is 11.6 Å². The molecular formula is C19H21Cl2N5O3. The third kappa shape index (κ3) is 4.24. The van der Waals surface area contributed by atoms with Crippen molar-refractivity contribution in [2.24, 2.45) is 0 Å². The molecule has 3 heterocycles. The highest BCUT2D eigenvalue weighted by Crippen LogP contribution is 2.28. The van der Waals surface area contributed by atoms with Gasteiger partial charge in [-0.2, -0.15) is 0 Å². The summed E-state index contributed by atoms with van der Waals surface area (Å²) in [4.78, 5) is 29.9. The maximum atomic E-state index is 12.8. The van der Waals surface area contributed by atoms with E-state index in [2.05, 4.69) is 20.7 Å². The van der Waals surface area contributed by atoms with Gasteiger partial charge in [0.1, 0.15) is 11.3 Å². The fourth-order valence-corrected chi connectivity index (χ4v) is 3.69. The maximum absolute atomic E-state index is 12.8. The first kappa shape index (κ1) is 21.2. The Labute approximate surface area is 178 Å². The van der Waals surface area contributed by atoms with Gasteiger partial charge in [0.05, 0.1) is 17.8 Å². The molecule has 154 valence electrons. The molecule has 0 atom stereocenters. The van der Waals surface area contributed by atoms with Gasteiger partial charge in [0.2, 0.25) is 0 Å². The van der Waals surface area contributed by atoms with Crippen LogP contribution in [-0.4, -0.2) is 40.7 Å². The van der Waals surface area contributed by atoms with Crippen LogP contribution in [0.25, 0.3) is 5.65 Å². The molecule has 1 saturated heterocycles. The third-order valence-electron chi connectivity index (χ3n) is 4.93. The highest BCUT2D eigenvalue weighted by Gasteiger charge is 2.21. The lowest BCUT2D eigenvalue weighted by molar-refractivity contribution is 0.102. The van der Waals surface area contributed by atoms with E-state index < -0.39 is 0 Å². The molecule has 29 heavy (non-hydrogen) atoms. The first-order valence-electron chi connectivity index (χ1n) is 9.03. The number of amides is 1. The van der Waals surface area contributed by atoms with Crippen LogP contribution in [0.1, 0.15) is 34.8 Å². The number of hydrogen-bond acceptors (Lipinski definition) is 5. The van der Waals surface area contributed by atoms with E-state index in [9.17, 15) is 9.59 Å². The van der Waals surface area contributed by atoms with Gasteiger partial charge < -0.3 is 15.4 Å². The number of halogens is 2. The summed E-state index contributed by atoms with van der Waals surface area (Å²) >= 11 is 6.12. The van der Waals surface area contributed by atoms with E-state index in [0.717, 1.165) is 31.6 Å². The molecule has 0 unspecified atom stereocenters. The molecule has 8 nitrogen and oxygen atoms in total. The maximum Gasteiger partial charge on any atom is 0.272 e. The summed E-state index contributed by atoms with van der Waals surface area (Å²) in [6.45, 7) is 1.79. The summed E-state index contributed by atoms with van der Waals surface area (Å²) in [6.07, 6.45) is 3.31. The van der Waals surface area contributed by atoms with E-state index in [1.807, 2.05) is 0 Å². The fraction of sp³-hybridized carbons (Fsp3) is 0.316. The van der Waals surface area contributed by atoms with Crippen molar-refractivity contribution in [3.63, 3.8) is 0 Å². The van der Waals surface area contributed by atoms with Crippen LogP contribution in [-0.2, 0) is 0 Å². The number of benzene rings is 1. The monoisotopic (exact) mass is 437 g/mol. The summed E-state index contributed by atoms with van der Waals surface area (Å²) in [5.41, 5.74) is 1.63. The van der Waals surface area contributed by atoms with Crippen LogP contribution in [0.3, 0.4) is 0 Å². The molecule has 1 aliphatic rings. The number of ether oxygens (including phenoxy) is 1. The summed E-state index contributed by atoms with van der Waals surface area (Å²) in [5.74, 6) is 0.353. The van der Waals surface area contributed by atoms with Gasteiger partial charge in [-0.05, 0) is 44.1 Å². The van der Waals surface area contributed by atoms with Crippen molar-refractivity contribution >= 4 is 41.2 Å². The lowest BCUT2D eigenvalue weighted by Gasteiger charge is -2.21. The quantitative estimate of drug-likeness (QED) is 0.582. The molecular weight excluding hydrogens is 417 g/mol. The van der Waals surface area contributed by atoms with Crippen LogP contribution in [0.2, 0.25) is 5.02 Å². The second-order valence-corrected chi connectivity index (χ2v) is 7.10. The molecule has 1 aliphatic heterocycles. The lowest BCUT2D eigenvalue weighted by Crippen LogP contribution is -2.28. The second-order valence-electron chi connectivity index (χ2n) is 6.69. The van der Waals surface area contributed by atoms with Crippen LogP contribution in [0, 0.1) is 0 Å². The topological polar surface area (TPSA) is 101 Å². The summed E-state index contributed by atoms with van der Waals surface area (Å²) < 4.78 is 6.39. The number of nitrogens with zero attached hydrogens (tertiary/aromatic N) is 2. The Bertz CT molecular complexity index is 1090. The van der Waals surface area contributed by atoms with Crippen molar-refractivity contribution in [1.29, 1.82) is 0 Å². The van der Waals surface area contributed by atoms with Crippen molar-refractivity contribution in [2.75, 3.05) is 25.5 Å². The molecule has 0 aliphatic carbocycles. The number of methoxy groups -OCH3 is 1. The van der Waals surface area contributed by atoms with Crippen LogP contribution in [0.15, 0.2) is 35.3 Å². The Hall–Kier alpha value is -2.55. The minimum absolute atomic E-state index is 0. The van der Waals surface area contributed by atoms with Gasteiger partial charge in [0.25, 0.3) is 11.5 Å². The Kier molecular flexibility index (Phi) is 6.46. The Morgan fingerprint density at radius 3 is 2.76 bits per heavy atom. The first-order chi connectivity index (χ1) is 13.6. The number of aromatic nitrogens is 3. The van der Waals surface area contributed by atoms with Crippen molar-refractivity contribution < 1.29 is 9.53 Å². The molecule has 10 heteroatoms. The van der Waals surface area contributed by atoms with Crippen molar-refractivity contribution in [3.8, 4) is 5.75 Å². The molecule has 1 fully saturated rings. The molecule has 1 aromatic carbocycles. The number of anilines is 1. The summed E-state index contributed by atoms with van der Waals surface area (Å²) in [7, 11) is 1.52. The molecule has 4 rings (SSSR count). The van der Waals surface area contributed by atoms with E-state index in [-0.39, 0.29) is 29.8 Å². The number of piperidine rings is 1. The van der Waals surface area contributed by atoms with E-state index in [1.165, 1.54) is 17.8 Å². The first-order valence-corrected chi connectivity index (χ1v) is 9.41. The molecule has 0 saturated carbocycles. The molecule has 0 spiro atoms. The number of carbonyl (C=O) groups is 1. The molecule has 2 aromatic heterocycles.